The van der Waals surface area contributed by atoms with Crippen LogP contribution < -0.4 is 10.2 Å². The number of hydrogen-bond acceptors (Lipinski definition) is 5. The van der Waals surface area contributed by atoms with Crippen LogP contribution >= 0.6 is 0 Å². The molecule has 1 fully saturated rings. The minimum absolute atomic E-state index is 0.138. The Labute approximate surface area is 202 Å². The Morgan fingerprint density at radius 3 is 2.53 bits per heavy atom. The number of nitrogens with one attached hydrogen (secondary N) is 1. The van der Waals surface area contributed by atoms with Gasteiger partial charge in [0.2, 0.25) is 0 Å². The van der Waals surface area contributed by atoms with E-state index in [1.165, 1.54) is 27.9 Å². The number of benzene rings is 2. The minimum atomic E-state index is 0.138. The van der Waals surface area contributed by atoms with Gasteiger partial charge in [0.25, 0.3) is 0 Å². The molecule has 4 aromatic rings. The average molecular weight is 455 g/mol. The van der Waals surface area contributed by atoms with Gasteiger partial charge in [-0.2, -0.15) is 10.2 Å². The summed E-state index contributed by atoms with van der Waals surface area (Å²) in [5.41, 5.74) is 7.50. The van der Waals surface area contributed by atoms with Crippen LogP contribution in [0.2, 0.25) is 0 Å². The van der Waals surface area contributed by atoms with E-state index in [4.69, 9.17) is 0 Å². The predicted octanol–water partition coefficient (Wildman–Crippen LogP) is 5.85. The zero-order chi connectivity index (χ0) is 23.8. The Morgan fingerprint density at radius 1 is 1.00 bits per heavy atom. The average Bonchev–Trinajstić information content (AvgIpc) is 3.28. The van der Waals surface area contributed by atoms with Crippen LogP contribution in [0.4, 0.5) is 11.5 Å². The van der Waals surface area contributed by atoms with Crippen molar-refractivity contribution in [1.29, 1.82) is 0 Å². The summed E-state index contributed by atoms with van der Waals surface area (Å²) in [6.45, 7) is 10.7. The van der Waals surface area contributed by atoms with Gasteiger partial charge in [0.1, 0.15) is 0 Å². The molecule has 1 aliphatic rings. The molecular formula is C28H34N6. The number of fused-ring (bicyclic) bond motifs is 1. The fourth-order valence-corrected chi connectivity index (χ4v) is 5.23. The maximum atomic E-state index is 4.58. The van der Waals surface area contributed by atoms with E-state index in [1.807, 2.05) is 24.9 Å². The molecule has 0 radical (unpaired) electrons. The van der Waals surface area contributed by atoms with E-state index in [2.05, 4.69) is 88.9 Å². The molecule has 34 heavy (non-hydrogen) atoms. The highest BCUT2D eigenvalue weighted by Crippen LogP contribution is 2.34. The first-order chi connectivity index (χ1) is 16.4. The second-order valence-electron chi connectivity index (χ2n) is 9.73. The maximum absolute atomic E-state index is 4.58. The highest BCUT2D eigenvalue weighted by Gasteiger charge is 2.22. The molecule has 176 valence electrons. The summed E-state index contributed by atoms with van der Waals surface area (Å²) < 4.78 is 1.90. The number of aromatic nitrogens is 4. The van der Waals surface area contributed by atoms with Gasteiger partial charge in [-0.15, -0.1) is 5.10 Å². The van der Waals surface area contributed by atoms with E-state index in [0.717, 1.165) is 48.2 Å². The van der Waals surface area contributed by atoms with Crippen molar-refractivity contribution in [1.82, 2.24) is 20.0 Å². The van der Waals surface area contributed by atoms with Crippen LogP contribution in [-0.2, 0) is 7.05 Å². The monoisotopic (exact) mass is 454 g/mol. The lowest BCUT2D eigenvalue weighted by atomic mass is 9.91. The normalized spacial score (nSPS) is 15.6. The summed E-state index contributed by atoms with van der Waals surface area (Å²) in [7, 11) is 1.99. The zero-order valence-electron chi connectivity index (χ0n) is 20.8. The topological polar surface area (TPSA) is 58.9 Å². The predicted molar refractivity (Wildman–Crippen MR) is 140 cm³/mol. The summed E-state index contributed by atoms with van der Waals surface area (Å²) in [6.07, 6.45) is 6.47. The summed E-state index contributed by atoms with van der Waals surface area (Å²) in [5.74, 6) is 1.44. The van der Waals surface area contributed by atoms with Crippen LogP contribution in [0.15, 0.2) is 48.8 Å². The number of rotatable bonds is 5. The highest BCUT2D eigenvalue weighted by molar-refractivity contribution is 5.95. The Balaban J connectivity index is 1.40. The molecule has 0 saturated carbocycles. The van der Waals surface area contributed by atoms with Gasteiger partial charge in [0.05, 0.1) is 17.9 Å². The molecule has 0 aliphatic carbocycles. The molecule has 2 aromatic heterocycles. The lowest BCUT2D eigenvalue weighted by Gasteiger charge is -2.33. The van der Waals surface area contributed by atoms with Gasteiger partial charge in [-0.3, -0.25) is 4.68 Å². The lowest BCUT2D eigenvalue weighted by molar-refractivity contribution is 0.505. The van der Waals surface area contributed by atoms with E-state index in [1.54, 1.807) is 0 Å². The van der Waals surface area contributed by atoms with E-state index in [-0.39, 0.29) is 6.04 Å². The fourth-order valence-electron chi connectivity index (χ4n) is 5.23. The molecular weight excluding hydrogens is 420 g/mol. The molecule has 5 rings (SSSR count). The van der Waals surface area contributed by atoms with Crippen LogP contribution in [0.25, 0.3) is 10.8 Å². The molecule has 3 heterocycles. The summed E-state index contributed by atoms with van der Waals surface area (Å²) in [4.78, 5) is 2.50. The van der Waals surface area contributed by atoms with Gasteiger partial charge in [0.15, 0.2) is 5.82 Å². The summed E-state index contributed by atoms with van der Waals surface area (Å²) in [6, 6.07) is 13.4. The van der Waals surface area contributed by atoms with Crippen LogP contribution in [0.5, 0.6) is 0 Å². The molecule has 0 amide bonds. The molecule has 0 bridgehead atoms. The third-order valence-electron chi connectivity index (χ3n) is 7.47. The minimum Gasteiger partial charge on any atom is -0.371 e. The number of anilines is 2. The Kier molecular flexibility index (Phi) is 5.98. The van der Waals surface area contributed by atoms with Gasteiger partial charge in [-0.25, -0.2) is 0 Å². The van der Waals surface area contributed by atoms with Crippen molar-refractivity contribution in [2.24, 2.45) is 7.05 Å². The standard InChI is InChI=1S/C28H34N6/c1-18-7-6-8-25(19(18)2)20(3)30-28-27-15-24(9-10-26(27)21(4)31-32-28)34-13-11-22(12-14-34)23-16-29-33(5)17-23/h6-10,15-17,20,22H,11-14H2,1-5H3,(H,30,32)/t20-/m1/s1. The zero-order valence-corrected chi connectivity index (χ0v) is 20.8. The number of nitrogens with zero attached hydrogens (tertiary/aromatic N) is 5. The Bertz CT molecular complexity index is 1320. The van der Waals surface area contributed by atoms with Crippen LogP contribution in [0.3, 0.4) is 0 Å². The largest absolute Gasteiger partial charge is 0.371 e. The van der Waals surface area contributed by atoms with Crippen molar-refractivity contribution in [3.8, 4) is 0 Å². The molecule has 0 unspecified atom stereocenters. The van der Waals surface area contributed by atoms with Gasteiger partial charge in [0, 0.05) is 42.8 Å². The van der Waals surface area contributed by atoms with Crippen LogP contribution in [0.1, 0.15) is 59.7 Å². The van der Waals surface area contributed by atoms with Gasteiger partial charge < -0.3 is 10.2 Å². The molecule has 0 spiro atoms. The number of aryl methyl sites for hydroxylation is 3. The third kappa shape index (κ3) is 4.25. The van der Waals surface area contributed by atoms with Crippen LogP contribution in [-0.4, -0.2) is 33.1 Å². The SMILES string of the molecule is Cc1cccc([C@@H](C)Nc2nnc(C)c3ccc(N4CCC(c5cnn(C)c5)CC4)cc23)c1C. The molecule has 1 saturated heterocycles. The van der Waals surface area contributed by atoms with E-state index in [9.17, 15) is 0 Å². The molecule has 2 aromatic carbocycles. The fraction of sp³-hybridized carbons (Fsp3) is 0.393. The van der Waals surface area contributed by atoms with E-state index < -0.39 is 0 Å². The second-order valence-corrected chi connectivity index (χ2v) is 9.73. The summed E-state index contributed by atoms with van der Waals surface area (Å²) in [5, 5.41) is 19.3. The quantitative estimate of drug-likeness (QED) is 0.410. The lowest BCUT2D eigenvalue weighted by Crippen LogP contribution is -2.32. The van der Waals surface area contributed by atoms with Gasteiger partial charge in [-0.1, -0.05) is 24.3 Å². The molecule has 6 heteroatoms. The first-order valence-electron chi connectivity index (χ1n) is 12.2. The van der Waals surface area contributed by atoms with Crippen molar-refractivity contribution in [2.45, 2.75) is 52.5 Å². The van der Waals surface area contributed by atoms with E-state index in [0.29, 0.717) is 5.92 Å². The van der Waals surface area contributed by atoms with Gasteiger partial charge in [-0.05, 0) is 80.8 Å². The van der Waals surface area contributed by atoms with Crippen molar-refractivity contribution in [2.75, 3.05) is 23.3 Å². The van der Waals surface area contributed by atoms with Crippen molar-refractivity contribution in [3.63, 3.8) is 0 Å². The van der Waals surface area contributed by atoms with Crippen molar-refractivity contribution in [3.05, 3.63) is 76.7 Å². The number of hydrogen-bond donors (Lipinski definition) is 1. The Morgan fingerprint density at radius 2 is 1.79 bits per heavy atom. The summed E-state index contributed by atoms with van der Waals surface area (Å²) >= 11 is 0. The van der Waals surface area contributed by atoms with Gasteiger partial charge >= 0.3 is 0 Å². The first kappa shape index (κ1) is 22.4. The highest BCUT2D eigenvalue weighted by atomic mass is 15.2. The Hall–Kier alpha value is -3.41. The molecule has 6 nitrogen and oxygen atoms in total. The molecule has 1 N–H and O–H groups in total. The van der Waals surface area contributed by atoms with Crippen LogP contribution in [0, 0.1) is 20.8 Å². The first-order valence-corrected chi connectivity index (χ1v) is 12.2. The second kappa shape index (κ2) is 9.09. The number of piperidine rings is 1. The maximum Gasteiger partial charge on any atom is 0.157 e. The van der Waals surface area contributed by atoms with E-state index >= 15 is 0 Å². The van der Waals surface area contributed by atoms with Crippen molar-refractivity contribution >= 4 is 22.3 Å². The van der Waals surface area contributed by atoms with Crippen molar-refractivity contribution < 1.29 is 0 Å². The third-order valence-corrected chi connectivity index (χ3v) is 7.47. The smallest absolute Gasteiger partial charge is 0.157 e. The molecule has 1 aliphatic heterocycles. The molecule has 1 atom stereocenters.